The average molecular weight is 308 g/mol. The normalized spacial score (nSPS) is 18.4. The number of rotatable bonds is 3. The highest BCUT2D eigenvalue weighted by Crippen LogP contribution is 2.22. The predicted molar refractivity (Wildman–Crippen MR) is 89.2 cm³/mol. The average Bonchev–Trinajstić information content (AvgIpc) is 3.25. The Morgan fingerprint density at radius 2 is 2.26 bits per heavy atom. The van der Waals surface area contributed by atoms with Crippen molar-refractivity contribution >= 4 is 16.8 Å². The molecular formula is C18H20N4O. The fourth-order valence-electron chi connectivity index (χ4n) is 3.43. The molecule has 118 valence electrons. The van der Waals surface area contributed by atoms with Crippen LogP contribution in [-0.2, 0) is 6.54 Å². The van der Waals surface area contributed by atoms with Gasteiger partial charge in [-0.05, 0) is 48.9 Å². The van der Waals surface area contributed by atoms with Crippen LogP contribution in [0.15, 0.2) is 48.9 Å². The molecule has 0 radical (unpaired) electrons. The van der Waals surface area contributed by atoms with Crippen molar-refractivity contribution in [2.45, 2.75) is 31.8 Å². The molecule has 2 aromatic heterocycles. The number of hydrogen-bond acceptors (Lipinski definition) is 2. The number of H-pyrrole nitrogens is 1. The lowest BCUT2D eigenvalue weighted by atomic mass is 10.0. The monoisotopic (exact) mass is 308 g/mol. The summed E-state index contributed by atoms with van der Waals surface area (Å²) in [7, 11) is 0. The van der Waals surface area contributed by atoms with E-state index in [-0.39, 0.29) is 11.9 Å². The maximum atomic E-state index is 13.0. The van der Waals surface area contributed by atoms with Crippen LogP contribution in [0.4, 0.5) is 0 Å². The van der Waals surface area contributed by atoms with Crippen molar-refractivity contribution in [1.29, 1.82) is 0 Å². The molecule has 1 saturated heterocycles. The Kier molecular flexibility index (Phi) is 3.61. The van der Waals surface area contributed by atoms with E-state index in [1.807, 2.05) is 52.3 Å². The van der Waals surface area contributed by atoms with Gasteiger partial charge in [0.05, 0.1) is 12.6 Å². The molecular weight excluding hydrogens is 288 g/mol. The second-order valence-corrected chi connectivity index (χ2v) is 6.16. The summed E-state index contributed by atoms with van der Waals surface area (Å²) in [5, 5.41) is 5.42. The van der Waals surface area contributed by atoms with E-state index in [0.717, 1.165) is 42.4 Å². The number of piperidine rings is 1. The molecule has 0 unspecified atom stereocenters. The lowest BCUT2D eigenvalue weighted by Gasteiger charge is -2.35. The molecule has 23 heavy (non-hydrogen) atoms. The maximum absolute atomic E-state index is 13.0. The molecule has 5 nitrogen and oxygen atoms in total. The minimum atomic E-state index is 0.123. The van der Waals surface area contributed by atoms with Gasteiger partial charge < -0.3 is 9.88 Å². The summed E-state index contributed by atoms with van der Waals surface area (Å²) in [6.45, 7) is 1.59. The molecule has 1 aromatic carbocycles. The van der Waals surface area contributed by atoms with Crippen LogP contribution in [0.25, 0.3) is 10.9 Å². The van der Waals surface area contributed by atoms with Crippen LogP contribution in [0, 0.1) is 0 Å². The largest absolute Gasteiger partial charge is 0.361 e. The van der Waals surface area contributed by atoms with Gasteiger partial charge in [0, 0.05) is 36.2 Å². The first-order valence-electron chi connectivity index (χ1n) is 8.17. The van der Waals surface area contributed by atoms with Gasteiger partial charge in [0.1, 0.15) is 0 Å². The van der Waals surface area contributed by atoms with Crippen molar-refractivity contribution in [3.05, 3.63) is 54.5 Å². The number of nitrogens with zero attached hydrogens (tertiary/aromatic N) is 3. The molecule has 4 rings (SSSR count). The third kappa shape index (κ3) is 2.74. The number of carbonyl (C=O) groups is 1. The maximum Gasteiger partial charge on any atom is 0.254 e. The number of aromatic nitrogens is 3. The van der Waals surface area contributed by atoms with Crippen molar-refractivity contribution in [2.75, 3.05) is 6.54 Å². The summed E-state index contributed by atoms with van der Waals surface area (Å²) >= 11 is 0. The molecule has 1 fully saturated rings. The highest BCUT2D eigenvalue weighted by Gasteiger charge is 2.28. The van der Waals surface area contributed by atoms with Crippen LogP contribution in [-0.4, -0.2) is 38.2 Å². The Balaban J connectivity index is 1.58. The fraction of sp³-hybridized carbons (Fsp3) is 0.333. The zero-order chi connectivity index (χ0) is 15.6. The van der Waals surface area contributed by atoms with Gasteiger partial charge in [-0.2, -0.15) is 5.10 Å². The van der Waals surface area contributed by atoms with Gasteiger partial charge in [-0.15, -0.1) is 0 Å². The Labute approximate surface area is 134 Å². The van der Waals surface area contributed by atoms with E-state index in [4.69, 9.17) is 0 Å². The van der Waals surface area contributed by atoms with E-state index in [1.165, 1.54) is 6.42 Å². The van der Waals surface area contributed by atoms with Crippen LogP contribution in [0.3, 0.4) is 0 Å². The summed E-state index contributed by atoms with van der Waals surface area (Å²) in [6, 6.07) is 10.1. The van der Waals surface area contributed by atoms with Gasteiger partial charge in [0.2, 0.25) is 0 Å². The molecule has 0 aliphatic carbocycles. The fourth-order valence-corrected chi connectivity index (χ4v) is 3.43. The van der Waals surface area contributed by atoms with Crippen molar-refractivity contribution in [3.8, 4) is 0 Å². The minimum absolute atomic E-state index is 0.123. The van der Waals surface area contributed by atoms with Gasteiger partial charge in [-0.3, -0.25) is 9.48 Å². The van der Waals surface area contributed by atoms with E-state index in [1.54, 1.807) is 6.20 Å². The Bertz CT molecular complexity index is 805. The first-order chi connectivity index (χ1) is 11.3. The number of fused-ring (bicyclic) bond motifs is 1. The number of nitrogens with one attached hydrogen (secondary N) is 1. The molecule has 0 spiro atoms. The van der Waals surface area contributed by atoms with E-state index in [2.05, 4.69) is 10.1 Å². The molecule has 0 saturated carbocycles. The van der Waals surface area contributed by atoms with Crippen molar-refractivity contribution in [2.24, 2.45) is 0 Å². The van der Waals surface area contributed by atoms with Gasteiger partial charge in [-0.1, -0.05) is 6.07 Å². The number of carbonyl (C=O) groups excluding carboxylic acids is 1. The Hall–Kier alpha value is -2.56. The van der Waals surface area contributed by atoms with E-state index in [9.17, 15) is 4.79 Å². The van der Waals surface area contributed by atoms with Crippen molar-refractivity contribution in [1.82, 2.24) is 19.7 Å². The molecule has 3 aromatic rings. The van der Waals surface area contributed by atoms with Crippen LogP contribution in [0.1, 0.15) is 29.6 Å². The molecule has 1 aliphatic heterocycles. The third-order valence-electron chi connectivity index (χ3n) is 4.65. The first kappa shape index (κ1) is 14.1. The second-order valence-electron chi connectivity index (χ2n) is 6.16. The van der Waals surface area contributed by atoms with Gasteiger partial charge in [0.15, 0.2) is 0 Å². The molecule has 1 N–H and O–H groups in total. The quantitative estimate of drug-likeness (QED) is 0.808. The Morgan fingerprint density at radius 3 is 3.13 bits per heavy atom. The topological polar surface area (TPSA) is 53.9 Å². The molecule has 0 bridgehead atoms. The molecule has 1 amide bonds. The van der Waals surface area contributed by atoms with Gasteiger partial charge in [0.25, 0.3) is 5.91 Å². The zero-order valence-corrected chi connectivity index (χ0v) is 13.0. The van der Waals surface area contributed by atoms with E-state index >= 15 is 0 Å². The minimum Gasteiger partial charge on any atom is -0.361 e. The zero-order valence-electron chi connectivity index (χ0n) is 13.0. The number of hydrogen-bond donors (Lipinski definition) is 1. The predicted octanol–water partition coefficient (Wildman–Crippen LogP) is 3.06. The lowest BCUT2D eigenvalue weighted by molar-refractivity contribution is 0.0584. The summed E-state index contributed by atoms with van der Waals surface area (Å²) < 4.78 is 1.92. The van der Waals surface area contributed by atoms with Crippen LogP contribution in [0.5, 0.6) is 0 Å². The van der Waals surface area contributed by atoms with Crippen molar-refractivity contribution in [3.63, 3.8) is 0 Å². The lowest BCUT2D eigenvalue weighted by Crippen LogP contribution is -2.45. The SMILES string of the molecule is O=C(c1ccc2cc[nH]c2c1)N1CCCC[C@H]1Cn1cccn1. The number of benzene rings is 1. The highest BCUT2D eigenvalue weighted by molar-refractivity contribution is 5.98. The smallest absolute Gasteiger partial charge is 0.254 e. The van der Waals surface area contributed by atoms with Crippen LogP contribution >= 0.6 is 0 Å². The molecule has 5 heteroatoms. The summed E-state index contributed by atoms with van der Waals surface area (Å²) in [4.78, 5) is 18.2. The molecule has 3 heterocycles. The standard InChI is InChI=1S/C18H20N4O/c23-18(15-6-5-14-7-9-19-17(14)12-15)22-11-2-1-4-16(22)13-21-10-3-8-20-21/h3,5-10,12,16,19H,1-2,4,11,13H2/t16-/m0/s1. The summed E-state index contributed by atoms with van der Waals surface area (Å²) in [5.74, 6) is 0.123. The van der Waals surface area contributed by atoms with E-state index in [0.29, 0.717) is 0 Å². The first-order valence-corrected chi connectivity index (χ1v) is 8.17. The molecule has 1 aliphatic rings. The number of amides is 1. The Morgan fingerprint density at radius 1 is 1.30 bits per heavy atom. The third-order valence-corrected chi connectivity index (χ3v) is 4.65. The summed E-state index contributed by atoms with van der Waals surface area (Å²) in [5.41, 5.74) is 1.77. The van der Waals surface area contributed by atoms with Crippen LogP contribution < -0.4 is 0 Å². The number of aromatic amines is 1. The van der Waals surface area contributed by atoms with Gasteiger partial charge in [-0.25, -0.2) is 0 Å². The highest BCUT2D eigenvalue weighted by atomic mass is 16.2. The van der Waals surface area contributed by atoms with Crippen LogP contribution in [0.2, 0.25) is 0 Å². The number of likely N-dealkylation sites (tertiary alicyclic amines) is 1. The van der Waals surface area contributed by atoms with Gasteiger partial charge >= 0.3 is 0 Å². The summed E-state index contributed by atoms with van der Waals surface area (Å²) in [6.07, 6.45) is 8.94. The second kappa shape index (κ2) is 5.91. The van der Waals surface area contributed by atoms with Crippen molar-refractivity contribution < 1.29 is 4.79 Å². The molecule has 1 atom stereocenters. The van der Waals surface area contributed by atoms with E-state index < -0.39 is 0 Å².